The highest BCUT2D eigenvalue weighted by Gasteiger charge is 2.39. The summed E-state index contributed by atoms with van der Waals surface area (Å²) >= 11 is 0. The maximum absolute atomic E-state index is 12.8. The van der Waals surface area contributed by atoms with Crippen LogP contribution in [0.25, 0.3) is 0 Å². The lowest BCUT2D eigenvalue weighted by molar-refractivity contribution is -0.142. The summed E-state index contributed by atoms with van der Waals surface area (Å²) < 4.78 is 2.12. The number of nitrogens with zero attached hydrogens (tertiary/aromatic N) is 5. The fourth-order valence-corrected chi connectivity index (χ4v) is 3.25. The van der Waals surface area contributed by atoms with E-state index in [4.69, 9.17) is 0 Å². The van der Waals surface area contributed by atoms with E-state index in [9.17, 15) is 19.2 Å². The van der Waals surface area contributed by atoms with Gasteiger partial charge in [-0.3, -0.25) is 28.4 Å². The van der Waals surface area contributed by atoms with Gasteiger partial charge in [0.05, 0.1) is 0 Å². The molecule has 3 heterocycles. The van der Waals surface area contributed by atoms with E-state index in [1.54, 1.807) is 16.8 Å². The van der Waals surface area contributed by atoms with Gasteiger partial charge < -0.3 is 9.80 Å². The molecule has 2 saturated heterocycles. The summed E-state index contributed by atoms with van der Waals surface area (Å²) in [7, 11) is 4.59. The minimum absolute atomic E-state index is 0.00313. The summed E-state index contributed by atoms with van der Waals surface area (Å²) in [5.41, 5.74) is -1.01. The van der Waals surface area contributed by atoms with E-state index in [-0.39, 0.29) is 24.2 Å². The summed E-state index contributed by atoms with van der Waals surface area (Å²) in [6.45, 7) is 2.82. The third-order valence-corrected chi connectivity index (χ3v) is 4.91. The minimum atomic E-state index is -0.544. The van der Waals surface area contributed by atoms with Gasteiger partial charge in [-0.15, -0.1) is 0 Å². The molecule has 2 aliphatic rings. The van der Waals surface area contributed by atoms with E-state index in [1.807, 2.05) is 0 Å². The zero-order chi connectivity index (χ0) is 17.6. The molecule has 3 rings (SSSR count). The lowest BCUT2D eigenvalue weighted by Gasteiger charge is -2.45. The van der Waals surface area contributed by atoms with Gasteiger partial charge in [-0.25, -0.2) is 4.79 Å². The second-order valence-corrected chi connectivity index (χ2v) is 6.33. The van der Waals surface area contributed by atoms with Crippen LogP contribution in [-0.4, -0.2) is 81.5 Å². The SMILES string of the molecule is CN1CCN2CCN(C(=O)c3cc(=O)n(C)c(=O)n3C)CC2C1=O. The number of amides is 2. The van der Waals surface area contributed by atoms with Gasteiger partial charge in [-0.2, -0.15) is 0 Å². The van der Waals surface area contributed by atoms with E-state index in [1.165, 1.54) is 24.7 Å². The topological polar surface area (TPSA) is 87.9 Å². The van der Waals surface area contributed by atoms with Crippen LogP contribution >= 0.6 is 0 Å². The fraction of sp³-hybridized carbons (Fsp3) is 0.600. The maximum atomic E-state index is 12.8. The zero-order valence-electron chi connectivity index (χ0n) is 14.1. The van der Waals surface area contributed by atoms with Crippen molar-refractivity contribution in [2.24, 2.45) is 14.1 Å². The predicted octanol–water partition coefficient (Wildman–Crippen LogP) is -2.32. The molecule has 0 N–H and O–H groups in total. The Balaban J connectivity index is 1.88. The van der Waals surface area contributed by atoms with Gasteiger partial charge in [0.25, 0.3) is 11.5 Å². The summed E-state index contributed by atoms with van der Waals surface area (Å²) in [5, 5.41) is 0. The Morgan fingerprint density at radius 3 is 2.38 bits per heavy atom. The molecule has 9 nitrogen and oxygen atoms in total. The monoisotopic (exact) mass is 335 g/mol. The number of carbonyl (C=O) groups excluding carboxylic acids is 2. The molecule has 1 aromatic heterocycles. The van der Waals surface area contributed by atoms with Crippen molar-refractivity contribution >= 4 is 11.8 Å². The van der Waals surface area contributed by atoms with Crippen molar-refractivity contribution < 1.29 is 9.59 Å². The standard InChI is InChI=1S/C15H21N5O4/c1-16-4-5-19-6-7-20(9-11(19)13(16)22)14(23)10-8-12(21)18(3)15(24)17(10)2/h8,11H,4-7,9H2,1-3H3. The molecule has 0 saturated carbocycles. The van der Waals surface area contributed by atoms with Gasteiger partial charge in [0.2, 0.25) is 5.91 Å². The molecule has 0 aliphatic carbocycles. The first-order valence-electron chi connectivity index (χ1n) is 7.86. The van der Waals surface area contributed by atoms with Crippen molar-refractivity contribution in [3.8, 4) is 0 Å². The Hall–Kier alpha value is -2.42. The molecule has 2 fully saturated rings. The van der Waals surface area contributed by atoms with Gasteiger partial charge in [0.1, 0.15) is 11.7 Å². The molecule has 0 radical (unpaired) electrons. The van der Waals surface area contributed by atoms with E-state index in [2.05, 4.69) is 4.90 Å². The molecule has 0 aromatic carbocycles. The van der Waals surface area contributed by atoms with Gasteiger partial charge in [0.15, 0.2) is 0 Å². The van der Waals surface area contributed by atoms with Gasteiger partial charge in [-0.05, 0) is 0 Å². The number of fused-ring (bicyclic) bond motifs is 1. The van der Waals surface area contributed by atoms with Crippen LogP contribution in [0.1, 0.15) is 10.5 Å². The Labute approximate surface area is 138 Å². The first kappa shape index (κ1) is 16.4. The van der Waals surface area contributed by atoms with Crippen LogP contribution in [0.2, 0.25) is 0 Å². The van der Waals surface area contributed by atoms with E-state index in [0.29, 0.717) is 19.6 Å². The molecule has 9 heteroatoms. The lowest BCUT2D eigenvalue weighted by atomic mass is 10.1. The van der Waals surface area contributed by atoms with Gasteiger partial charge in [-0.1, -0.05) is 0 Å². The van der Waals surface area contributed by atoms with Gasteiger partial charge in [0, 0.05) is 59.9 Å². The van der Waals surface area contributed by atoms with E-state index < -0.39 is 17.2 Å². The number of likely N-dealkylation sites (N-methyl/N-ethyl adjacent to an activating group) is 1. The predicted molar refractivity (Wildman–Crippen MR) is 85.8 cm³/mol. The largest absolute Gasteiger partial charge is 0.343 e. The van der Waals surface area contributed by atoms with Crippen LogP contribution in [0.4, 0.5) is 0 Å². The average Bonchev–Trinajstić information content (AvgIpc) is 2.58. The molecule has 0 spiro atoms. The molecule has 1 atom stereocenters. The number of hydrogen-bond acceptors (Lipinski definition) is 5. The third kappa shape index (κ3) is 2.54. The molecule has 2 aliphatic heterocycles. The molecular weight excluding hydrogens is 314 g/mol. The molecule has 130 valence electrons. The van der Waals surface area contributed by atoms with Crippen molar-refractivity contribution in [1.82, 2.24) is 23.8 Å². The second-order valence-electron chi connectivity index (χ2n) is 6.33. The number of aromatic nitrogens is 2. The summed E-state index contributed by atoms with van der Waals surface area (Å²) in [4.78, 5) is 54.2. The first-order valence-corrected chi connectivity index (χ1v) is 7.86. The highest BCUT2D eigenvalue weighted by molar-refractivity contribution is 5.93. The molecule has 2 amide bonds. The molecule has 1 unspecified atom stereocenters. The minimum Gasteiger partial charge on any atom is -0.343 e. The quantitative estimate of drug-likeness (QED) is 0.575. The molecular formula is C15H21N5O4. The lowest BCUT2D eigenvalue weighted by Crippen LogP contribution is -2.64. The fourth-order valence-electron chi connectivity index (χ4n) is 3.25. The third-order valence-electron chi connectivity index (χ3n) is 4.91. The van der Waals surface area contributed by atoms with Crippen molar-refractivity contribution in [3.05, 3.63) is 32.6 Å². The summed E-state index contributed by atoms with van der Waals surface area (Å²) in [6, 6.07) is 0.815. The van der Waals surface area contributed by atoms with E-state index >= 15 is 0 Å². The van der Waals surface area contributed by atoms with Crippen LogP contribution in [-0.2, 0) is 18.9 Å². The molecule has 24 heavy (non-hydrogen) atoms. The average molecular weight is 335 g/mol. The van der Waals surface area contributed by atoms with E-state index in [0.717, 1.165) is 11.1 Å². The van der Waals surface area contributed by atoms with Gasteiger partial charge >= 0.3 is 5.69 Å². The Morgan fingerprint density at radius 2 is 1.67 bits per heavy atom. The number of rotatable bonds is 1. The van der Waals surface area contributed by atoms with Crippen LogP contribution < -0.4 is 11.2 Å². The highest BCUT2D eigenvalue weighted by Crippen LogP contribution is 2.17. The number of hydrogen-bond donors (Lipinski definition) is 0. The zero-order valence-corrected chi connectivity index (χ0v) is 14.1. The van der Waals surface area contributed by atoms with Crippen molar-refractivity contribution in [1.29, 1.82) is 0 Å². The molecule has 0 bridgehead atoms. The van der Waals surface area contributed by atoms with Crippen molar-refractivity contribution in [2.75, 3.05) is 39.8 Å². The Kier molecular flexibility index (Phi) is 4.04. The van der Waals surface area contributed by atoms with Crippen molar-refractivity contribution in [2.45, 2.75) is 6.04 Å². The normalized spacial score (nSPS) is 21.8. The highest BCUT2D eigenvalue weighted by atomic mass is 16.2. The van der Waals surface area contributed by atoms with Crippen LogP contribution in [0.3, 0.4) is 0 Å². The summed E-state index contributed by atoms with van der Waals surface area (Å²) in [6.07, 6.45) is 0. The van der Waals surface area contributed by atoms with Crippen molar-refractivity contribution in [3.63, 3.8) is 0 Å². The number of carbonyl (C=O) groups is 2. The Morgan fingerprint density at radius 1 is 1.00 bits per heavy atom. The first-order chi connectivity index (χ1) is 11.3. The smallest absolute Gasteiger partial charge is 0.331 e. The van der Waals surface area contributed by atoms with Crippen LogP contribution in [0.5, 0.6) is 0 Å². The van der Waals surface area contributed by atoms with Crippen LogP contribution in [0, 0.1) is 0 Å². The van der Waals surface area contributed by atoms with Crippen LogP contribution in [0.15, 0.2) is 15.7 Å². The second kappa shape index (κ2) is 5.90. The maximum Gasteiger partial charge on any atom is 0.331 e. The molecule has 1 aromatic rings. The number of piperazine rings is 2. The summed E-state index contributed by atoms with van der Waals surface area (Å²) in [5.74, 6) is -0.399. The Bertz CT molecular complexity index is 811.